The van der Waals surface area contributed by atoms with Gasteiger partial charge in [-0.25, -0.2) is 9.59 Å². The predicted molar refractivity (Wildman–Crippen MR) is 96.6 cm³/mol. The minimum absolute atomic E-state index is 0.124. The van der Waals surface area contributed by atoms with E-state index in [1.165, 1.54) is 4.90 Å². The monoisotopic (exact) mass is 364 g/mol. The number of alkyl carbamates (subject to hydrolysis) is 1. The van der Waals surface area contributed by atoms with Crippen LogP contribution in [0, 0.1) is 5.92 Å². The molecule has 1 saturated heterocycles. The van der Waals surface area contributed by atoms with Gasteiger partial charge in [-0.15, -0.1) is 0 Å². The lowest BCUT2D eigenvalue weighted by Gasteiger charge is -2.35. The lowest BCUT2D eigenvalue weighted by atomic mass is 9.94. The van der Waals surface area contributed by atoms with E-state index in [9.17, 15) is 14.7 Å². The molecule has 0 aromatic heterocycles. The fraction of sp³-hybridized carbons (Fsp3) is 0.579. The second-order valence-electron chi connectivity index (χ2n) is 7.49. The van der Waals surface area contributed by atoms with E-state index in [0.717, 1.165) is 5.56 Å². The number of aliphatic hydroxyl groups is 1. The average molecular weight is 364 g/mol. The summed E-state index contributed by atoms with van der Waals surface area (Å²) in [5.41, 5.74) is 0.354. The van der Waals surface area contributed by atoms with Crippen molar-refractivity contribution in [2.24, 2.45) is 5.92 Å². The van der Waals surface area contributed by atoms with Gasteiger partial charge in [-0.1, -0.05) is 30.3 Å². The van der Waals surface area contributed by atoms with E-state index < -0.39 is 23.9 Å². The molecule has 2 N–H and O–H groups in total. The molecule has 7 nitrogen and oxygen atoms in total. The molecular weight excluding hydrogens is 336 g/mol. The molecule has 1 aromatic carbocycles. The van der Waals surface area contributed by atoms with Gasteiger partial charge in [0.15, 0.2) is 0 Å². The van der Waals surface area contributed by atoms with Crippen molar-refractivity contribution in [3.63, 3.8) is 0 Å². The van der Waals surface area contributed by atoms with Crippen molar-refractivity contribution in [3.05, 3.63) is 35.9 Å². The normalized spacial score (nSPS) is 20.4. The molecule has 0 unspecified atom stereocenters. The van der Waals surface area contributed by atoms with E-state index in [1.54, 1.807) is 20.8 Å². The lowest BCUT2D eigenvalue weighted by molar-refractivity contribution is 0.0110. The maximum absolute atomic E-state index is 12.1. The number of carbonyl (C=O) groups is 2. The Morgan fingerprint density at radius 2 is 1.96 bits per heavy atom. The molecule has 2 atom stereocenters. The van der Waals surface area contributed by atoms with Crippen LogP contribution in [-0.2, 0) is 16.1 Å². The van der Waals surface area contributed by atoms with Crippen molar-refractivity contribution in [3.8, 4) is 0 Å². The zero-order chi connectivity index (χ0) is 19.2. The van der Waals surface area contributed by atoms with Crippen molar-refractivity contribution in [2.75, 3.05) is 19.6 Å². The molecule has 1 aliphatic rings. The number of aliphatic hydroxyl groups excluding tert-OH is 1. The molecule has 2 rings (SSSR count). The van der Waals surface area contributed by atoms with Crippen LogP contribution in [0.3, 0.4) is 0 Å². The number of carbonyl (C=O) groups excluding carboxylic acids is 2. The minimum Gasteiger partial charge on any atom is -0.445 e. The first-order valence-electron chi connectivity index (χ1n) is 8.85. The highest BCUT2D eigenvalue weighted by molar-refractivity contribution is 5.68. The van der Waals surface area contributed by atoms with Crippen molar-refractivity contribution in [1.82, 2.24) is 10.2 Å². The van der Waals surface area contributed by atoms with Gasteiger partial charge in [0.25, 0.3) is 0 Å². The van der Waals surface area contributed by atoms with Crippen LogP contribution in [0.15, 0.2) is 30.3 Å². The fourth-order valence-electron chi connectivity index (χ4n) is 2.72. The Bertz CT molecular complexity index is 600. The maximum atomic E-state index is 12.1. The predicted octanol–water partition coefficient (Wildman–Crippen LogP) is 2.53. The summed E-state index contributed by atoms with van der Waals surface area (Å²) in [6.45, 7) is 6.56. The number of benzene rings is 1. The van der Waals surface area contributed by atoms with E-state index in [2.05, 4.69) is 5.32 Å². The fourth-order valence-corrected chi connectivity index (χ4v) is 2.72. The third-order valence-corrected chi connectivity index (χ3v) is 4.09. The Morgan fingerprint density at radius 1 is 1.27 bits per heavy atom. The number of rotatable bonds is 4. The summed E-state index contributed by atoms with van der Waals surface area (Å²) >= 11 is 0. The molecule has 1 aromatic rings. The highest BCUT2D eigenvalue weighted by Crippen LogP contribution is 2.18. The van der Waals surface area contributed by atoms with Gasteiger partial charge in [0.05, 0.1) is 12.6 Å². The summed E-state index contributed by atoms with van der Waals surface area (Å²) in [4.78, 5) is 25.3. The molecule has 1 fully saturated rings. The summed E-state index contributed by atoms with van der Waals surface area (Å²) in [5, 5.41) is 13.0. The summed E-state index contributed by atoms with van der Waals surface area (Å²) in [6.07, 6.45) is -1.08. The first-order valence-corrected chi connectivity index (χ1v) is 8.85. The Morgan fingerprint density at radius 3 is 2.58 bits per heavy atom. The Hall–Kier alpha value is -2.28. The molecule has 7 heteroatoms. The molecule has 1 heterocycles. The van der Waals surface area contributed by atoms with Crippen molar-refractivity contribution in [2.45, 2.75) is 45.5 Å². The maximum Gasteiger partial charge on any atom is 0.410 e. The summed E-state index contributed by atoms with van der Waals surface area (Å²) in [6, 6.07) is 9.44. The lowest BCUT2D eigenvalue weighted by Crippen LogP contribution is -2.50. The quantitative estimate of drug-likeness (QED) is 0.857. The smallest absolute Gasteiger partial charge is 0.410 e. The summed E-state index contributed by atoms with van der Waals surface area (Å²) in [7, 11) is 0. The van der Waals surface area contributed by atoms with Crippen molar-refractivity contribution in [1.29, 1.82) is 0 Å². The number of piperidine rings is 1. The van der Waals surface area contributed by atoms with Gasteiger partial charge in [0.1, 0.15) is 12.2 Å². The molecule has 26 heavy (non-hydrogen) atoms. The number of ether oxygens (including phenoxy) is 2. The second-order valence-corrected chi connectivity index (χ2v) is 7.49. The third-order valence-electron chi connectivity index (χ3n) is 4.09. The van der Waals surface area contributed by atoms with E-state index in [1.807, 2.05) is 30.3 Å². The zero-order valence-corrected chi connectivity index (χ0v) is 15.6. The van der Waals surface area contributed by atoms with Crippen LogP contribution in [0.5, 0.6) is 0 Å². The molecule has 144 valence electrons. The number of likely N-dealkylation sites (tertiary alicyclic amines) is 1. The number of hydrogen-bond donors (Lipinski definition) is 2. The van der Waals surface area contributed by atoms with Gasteiger partial charge in [0, 0.05) is 19.0 Å². The van der Waals surface area contributed by atoms with E-state index >= 15 is 0 Å². The number of nitrogens with one attached hydrogen (secondary N) is 1. The van der Waals surface area contributed by atoms with Crippen LogP contribution in [0.25, 0.3) is 0 Å². The first-order chi connectivity index (χ1) is 12.2. The van der Waals surface area contributed by atoms with Crippen LogP contribution >= 0.6 is 0 Å². The molecule has 2 amide bonds. The zero-order valence-electron chi connectivity index (χ0n) is 15.6. The van der Waals surface area contributed by atoms with E-state index in [4.69, 9.17) is 9.47 Å². The summed E-state index contributed by atoms with van der Waals surface area (Å²) in [5.74, 6) is -0.124. The molecular formula is C19H28N2O5. The molecule has 1 aliphatic heterocycles. The van der Waals surface area contributed by atoms with E-state index in [0.29, 0.717) is 19.5 Å². The van der Waals surface area contributed by atoms with Gasteiger partial charge >= 0.3 is 12.2 Å². The SMILES string of the molecule is CC(C)(C)OC(=O)NC[C@H]1CCN(C(=O)OCc2ccccc2)C[C@H]1O. The first kappa shape index (κ1) is 20.0. The van der Waals surface area contributed by atoms with Crippen molar-refractivity contribution >= 4 is 12.2 Å². The third kappa shape index (κ3) is 6.55. The Kier molecular flexibility index (Phi) is 6.85. The number of hydrogen-bond acceptors (Lipinski definition) is 5. The van der Waals surface area contributed by atoms with Crippen LogP contribution in [0.4, 0.5) is 9.59 Å². The van der Waals surface area contributed by atoms with Gasteiger partial charge in [-0.3, -0.25) is 0 Å². The second kappa shape index (κ2) is 8.89. The topological polar surface area (TPSA) is 88.1 Å². The standard InChI is InChI=1S/C19H28N2O5/c1-19(2,3)26-17(23)20-11-15-9-10-21(12-16(15)22)18(24)25-13-14-7-5-4-6-8-14/h4-8,15-16,22H,9-13H2,1-3H3,(H,20,23)/t15-,16-/m1/s1. The molecule has 0 spiro atoms. The Balaban J connectivity index is 1.73. The van der Waals surface area contributed by atoms with Crippen molar-refractivity contribution < 1.29 is 24.2 Å². The molecule has 0 saturated carbocycles. The van der Waals surface area contributed by atoms with Crippen LogP contribution in [0.2, 0.25) is 0 Å². The highest BCUT2D eigenvalue weighted by atomic mass is 16.6. The van der Waals surface area contributed by atoms with E-state index in [-0.39, 0.29) is 19.1 Å². The largest absolute Gasteiger partial charge is 0.445 e. The number of amides is 2. The van der Waals surface area contributed by atoms with Crippen LogP contribution in [-0.4, -0.2) is 53.5 Å². The van der Waals surface area contributed by atoms with Gasteiger partial charge in [-0.2, -0.15) is 0 Å². The molecule has 0 radical (unpaired) electrons. The molecule has 0 bridgehead atoms. The minimum atomic E-state index is -0.719. The highest BCUT2D eigenvalue weighted by Gasteiger charge is 2.31. The Labute approximate surface area is 154 Å². The number of β-amino-alcohol motifs (C(OH)–C–C–N with tert-alkyl or cyclic N) is 1. The van der Waals surface area contributed by atoms with Crippen LogP contribution < -0.4 is 5.32 Å². The van der Waals surface area contributed by atoms with Gasteiger partial charge < -0.3 is 24.8 Å². The van der Waals surface area contributed by atoms with Gasteiger partial charge in [-0.05, 0) is 32.8 Å². The number of nitrogens with zero attached hydrogens (tertiary/aromatic N) is 1. The van der Waals surface area contributed by atoms with Gasteiger partial charge in [0.2, 0.25) is 0 Å². The summed E-state index contributed by atoms with van der Waals surface area (Å²) < 4.78 is 10.5. The molecule has 0 aliphatic carbocycles. The average Bonchev–Trinajstić information content (AvgIpc) is 2.58. The van der Waals surface area contributed by atoms with Crippen LogP contribution in [0.1, 0.15) is 32.8 Å².